The highest BCUT2D eigenvalue weighted by Gasteiger charge is 2.32. The van der Waals surface area contributed by atoms with Crippen molar-refractivity contribution in [3.8, 4) is 0 Å². The van der Waals surface area contributed by atoms with E-state index in [-0.39, 0.29) is 0 Å². The molecule has 0 amide bonds. The third kappa shape index (κ3) is 0.668. The van der Waals surface area contributed by atoms with Gasteiger partial charge in [-0.25, -0.2) is 0 Å². The Hall–Kier alpha value is 0.270. The summed E-state index contributed by atoms with van der Waals surface area (Å²) in [6.45, 7) is 0. The molecule has 2 nitrogen and oxygen atoms in total. The molecule has 1 saturated heterocycles. The zero-order valence-corrected chi connectivity index (χ0v) is 3.90. The van der Waals surface area contributed by atoms with Crippen LogP contribution < -0.4 is 0 Å². The van der Waals surface area contributed by atoms with Crippen LogP contribution in [-0.2, 0) is 0 Å². The van der Waals surface area contributed by atoms with Gasteiger partial charge < -0.3 is 10.2 Å². The van der Waals surface area contributed by atoms with Crippen molar-refractivity contribution in [3.63, 3.8) is 0 Å². The Morgan fingerprint density at radius 1 is 1.67 bits per heavy atom. The zero-order chi connectivity index (χ0) is 4.62. The predicted molar refractivity (Wildman–Crippen MR) is 23.9 cm³/mol. The van der Waals surface area contributed by atoms with Crippen LogP contribution in [0.1, 0.15) is 0 Å². The summed E-state index contributed by atoms with van der Waals surface area (Å²) in [4.78, 5) is 0. The van der Waals surface area contributed by atoms with Crippen LogP contribution in [0.25, 0.3) is 0 Å². The second-order valence-corrected chi connectivity index (χ2v) is 2.40. The van der Waals surface area contributed by atoms with Crippen molar-refractivity contribution in [2.24, 2.45) is 0 Å². The van der Waals surface area contributed by atoms with E-state index in [1.807, 2.05) is 0 Å². The summed E-state index contributed by atoms with van der Waals surface area (Å²) in [6.07, 6.45) is 1.44. The number of hydrogen-bond acceptors (Lipinski definition) is 3. The topological polar surface area (TPSA) is 40.5 Å². The van der Waals surface area contributed by atoms with Gasteiger partial charge in [0.05, 0.1) is 0 Å². The fourth-order valence-corrected chi connectivity index (χ4v) is 0.697. The van der Waals surface area contributed by atoms with Gasteiger partial charge in [0.1, 0.15) is 0 Å². The Balaban J connectivity index is 2.31. The van der Waals surface area contributed by atoms with Crippen molar-refractivity contribution in [3.05, 3.63) is 6.42 Å². The van der Waals surface area contributed by atoms with Crippen molar-refractivity contribution < 1.29 is 10.2 Å². The summed E-state index contributed by atoms with van der Waals surface area (Å²) < 4.78 is 0. The molecule has 0 bridgehead atoms. The van der Waals surface area contributed by atoms with E-state index in [4.69, 9.17) is 10.2 Å². The average Bonchev–Trinajstić information content (AvgIpc) is 1.32. The van der Waals surface area contributed by atoms with Crippen LogP contribution >= 0.6 is 11.8 Å². The second kappa shape index (κ2) is 1.12. The molecule has 1 aliphatic rings. The minimum atomic E-state index is -1.49. The molecule has 0 atom stereocenters. The van der Waals surface area contributed by atoms with Gasteiger partial charge in [-0.2, -0.15) is 0 Å². The van der Waals surface area contributed by atoms with Crippen LogP contribution in [0.5, 0.6) is 0 Å². The Morgan fingerprint density at radius 3 is 2.00 bits per heavy atom. The molecule has 1 rings (SSSR count). The van der Waals surface area contributed by atoms with Crippen molar-refractivity contribution in [1.29, 1.82) is 0 Å². The highest BCUT2D eigenvalue weighted by molar-refractivity contribution is 8.02. The second-order valence-electron chi connectivity index (χ2n) is 1.17. The van der Waals surface area contributed by atoms with Gasteiger partial charge in [0, 0.05) is 12.2 Å². The number of thioether (sulfide) groups is 1. The maximum atomic E-state index is 8.38. The number of aliphatic hydroxyl groups is 2. The molecule has 0 aromatic carbocycles. The van der Waals surface area contributed by atoms with Gasteiger partial charge in [-0.05, 0) is 0 Å². The standard InChI is InChI=1S/C3H5O2S/c4-3(5)1-2-6-3/h1,4-5H,2H2. The van der Waals surface area contributed by atoms with Crippen LogP contribution in [0, 0.1) is 6.42 Å². The van der Waals surface area contributed by atoms with E-state index in [0.29, 0.717) is 0 Å². The molecule has 1 radical (unpaired) electrons. The molecule has 6 heavy (non-hydrogen) atoms. The Morgan fingerprint density at radius 2 is 2.00 bits per heavy atom. The minimum Gasteiger partial charge on any atom is -0.357 e. The smallest absolute Gasteiger partial charge is 0.217 e. The molecule has 35 valence electrons. The third-order valence-corrected chi connectivity index (χ3v) is 1.57. The first-order chi connectivity index (χ1) is 2.71. The predicted octanol–water partition coefficient (Wildman–Crippen LogP) is -0.424. The lowest BCUT2D eigenvalue weighted by atomic mass is 10.4. The lowest BCUT2D eigenvalue weighted by molar-refractivity contribution is -0.0546. The molecule has 2 N–H and O–H groups in total. The molecule has 0 aromatic rings. The number of hydrogen-bond donors (Lipinski definition) is 2. The van der Waals surface area contributed by atoms with Gasteiger partial charge in [-0.3, -0.25) is 0 Å². The van der Waals surface area contributed by atoms with Gasteiger partial charge in [0.2, 0.25) is 5.12 Å². The molecular formula is C3H5O2S. The summed E-state index contributed by atoms with van der Waals surface area (Å²) in [5.74, 6) is 0.757. The average molecular weight is 105 g/mol. The lowest BCUT2D eigenvalue weighted by Crippen LogP contribution is -2.33. The van der Waals surface area contributed by atoms with E-state index in [9.17, 15) is 0 Å². The maximum Gasteiger partial charge on any atom is 0.217 e. The van der Waals surface area contributed by atoms with E-state index in [0.717, 1.165) is 17.5 Å². The Kier molecular flexibility index (Phi) is 0.825. The normalized spacial score (nSPS) is 29.0. The lowest BCUT2D eigenvalue weighted by Gasteiger charge is -2.28. The van der Waals surface area contributed by atoms with Gasteiger partial charge in [0.15, 0.2) is 0 Å². The summed E-state index contributed by atoms with van der Waals surface area (Å²) >= 11 is 1.12. The van der Waals surface area contributed by atoms with E-state index in [1.54, 1.807) is 0 Å². The zero-order valence-electron chi connectivity index (χ0n) is 3.09. The van der Waals surface area contributed by atoms with Gasteiger partial charge in [0.25, 0.3) is 0 Å². The molecule has 3 heteroatoms. The van der Waals surface area contributed by atoms with Gasteiger partial charge >= 0.3 is 0 Å². The fourth-order valence-electron chi connectivity index (χ4n) is 0.232. The van der Waals surface area contributed by atoms with Crippen molar-refractivity contribution in [1.82, 2.24) is 0 Å². The van der Waals surface area contributed by atoms with E-state index < -0.39 is 5.12 Å². The molecular weight excluding hydrogens is 100 g/mol. The van der Waals surface area contributed by atoms with E-state index >= 15 is 0 Å². The largest absolute Gasteiger partial charge is 0.357 e. The van der Waals surface area contributed by atoms with Crippen molar-refractivity contribution in [2.75, 3.05) is 5.75 Å². The molecule has 1 aliphatic heterocycles. The molecule has 0 unspecified atom stereocenters. The molecule has 0 spiro atoms. The van der Waals surface area contributed by atoms with Crippen LogP contribution in [-0.4, -0.2) is 21.1 Å². The quantitative estimate of drug-likeness (QED) is 0.411. The van der Waals surface area contributed by atoms with Crippen molar-refractivity contribution >= 4 is 11.8 Å². The van der Waals surface area contributed by atoms with Crippen LogP contribution in [0.2, 0.25) is 0 Å². The first kappa shape index (κ1) is 4.43. The summed E-state index contributed by atoms with van der Waals surface area (Å²) in [7, 11) is 0. The summed E-state index contributed by atoms with van der Waals surface area (Å²) in [5.41, 5.74) is 0. The highest BCUT2D eigenvalue weighted by Crippen LogP contribution is 2.33. The van der Waals surface area contributed by atoms with Gasteiger partial charge in [-0.1, -0.05) is 11.8 Å². The molecule has 0 saturated carbocycles. The van der Waals surface area contributed by atoms with Crippen LogP contribution in [0.4, 0.5) is 0 Å². The first-order valence-corrected chi connectivity index (χ1v) is 2.62. The molecule has 1 heterocycles. The molecule has 0 aromatic heterocycles. The van der Waals surface area contributed by atoms with Crippen LogP contribution in [0.3, 0.4) is 0 Å². The van der Waals surface area contributed by atoms with E-state index in [2.05, 4.69) is 0 Å². The highest BCUT2D eigenvalue weighted by atomic mass is 32.2. The van der Waals surface area contributed by atoms with E-state index in [1.165, 1.54) is 6.42 Å². The number of rotatable bonds is 0. The Bertz CT molecular complexity index is 55.8. The molecule has 1 fully saturated rings. The summed E-state index contributed by atoms with van der Waals surface area (Å²) in [5, 5.41) is 15.3. The maximum absolute atomic E-state index is 8.38. The monoisotopic (exact) mass is 105 g/mol. The third-order valence-electron chi connectivity index (χ3n) is 0.645. The Labute approximate surface area is 40.2 Å². The van der Waals surface area contributed by atoms with Crippen molar-refractivity contribution in [2.45, 2.75) is 5.12 Å². The van der Waals surface area contributed by atoms with Crippen LogP contribution in [0.15, 0.2) is 0 Å². The van der Waals surface area contributed by atoms with Gasteiger partial charge in [-0.15, -0.1) is 0 Å². The minimum absolute atomic E-state index is 0.757. The fraction of sp³-hybridized carbons (Fsp3) is 0.667. The SMILES string of the molecule is OC1(O)[CH]CS1. The molecule has 0 aliphatic carbocycles. The first-order valence-electron chi connectivity index (χ1n) is 1.64. The summed E-state index contributed by atoms with van der Waals surface area (Å²) in [6, 6.07) is 0.